The lowest BCUT2D eigenvalue weighted by molar-refractivity contribution is -0.119. The number of rotatable bonds is 1. The van der Waals surface area contributed by atoms with E-state index in [1.54, 1.807) is 0 Å². The van der Waals surface area contributed by atoms with Gasteiger partial charge in [0.05, 0.1) is 0 Å². The number of amides is 1. The number of nitrogens with one attached hydrogen (secondary N) is 2. The van der Waals surface area contributed by atoms with Crippen molar-refractivity contribution < 1.29 is 4.79 Å². The van der Waals surface area contributed by atoms with E-state index in [1.807, 2.05) is 12.3 Å². The van der Waals surface area contributed by atoms with Crippen molar-refractivity contribution in [1.82, 2.24) is 10.6 Å². The Labute approximate surface area is 76.9 Å². The zero-order chi connectivity index (χ0) is 9.26. The van der Waals surface area contributed by atoms with E-state index in [4.69, 9.17) is 5.73 Å². The Kier molecular flexibility index (Phi) is 2.06. The molecule has 2 heterocycles. The average Bonchev–Trinajstić information content (AvgIpc) is 2.17. The molecule has 0 saturated heterocycles. The van der Waals surface area contributed by atoms with Gasteiger partial charge in [-0.2, -0.15) is 0 Å². The molecule has 13 heavy (non-hydrogen) atoms. The van der Waals surface area contributed by atoms with Crippen LogP contribution in [0.5, 0.6) is 0 Å². The molecule has 0 fully saturated rings. The molecule has 0 radical (unpaired) electrons. The quantitative estimate of drug-likeness (QED) is 0.496. The smallest absolute Gasteiger partial charge is 0.239 e. The van der Waals surface area contributed by atoms with Gasteiger partial charge in [-0.15, -0.1) is 0 Å². The molecular formula is C9H13N3O. The van der Waals surface area contributed by atoms with Crippen LogP contribution < -0.4 is 16.4 Å². The highest BCUT2D eigenvalue weighted by Gasteiger charge is 2.25. The Hall–Kier alpha value is -1.29. The minimum Gasteiger partial charge on any atom is -0.387 e. The van der Waals surface area contributed by atoms with Crippen LogP contribution >= 0.6 is 0 Å². The van der Waals surface area contributed by atoms with Gasteiger partial charge in [-0.1, -0.05) is 0 Å². The SMILES string of the molecule is NC(=O)C1NCCC2=C1C=CNC2. The summed E-state index contributed by atoms with van der Waals surface area (Å²) in [5.74, 6) is -0.293. The molecule has 2 aliphatic rings. The molecule has 0 spiro atoms. The van der Waals surface area contributed by atoms with Crippen LogP contribution in [-0.2, 0) is 4.79 Å². The van der Waals surface area contributed by atoms with Gasteiger partial charge in [0.25, 0.3) is 0 Å². The number of hydrogen-bond acceptors (Lipinski definition) is 3. The first kappa shape index (κ1) is 8.31. The summed E-state index contributed by atoms with van der Waals surface area (Å²) in [7, 11) is 0. The molecule has 0 aliphatic carbocycles. The number of hydrogen-bond donors (Lipinski definition) is 3. The Morgan fingerprint density at radius 1 is 1.62 bits per heavy atom. The molecule has 0 aromatic carbocycles. The third-order valence-electron chi connectivity index (χ3n) is 2.48. The molecule has 1 atom stereocenters. The van der Waals surface area contributed by atoms with E-state index in [-0.39, 0.29) is 11.9 Å². The van der Waals surface area contributed by atoms with Gasteiger partial charge in [-0.3, -0.25) is 4.79 Å². The fourth-order valence-corrected chi connectivity index (χ4v) is 1.82. The van der Waals surface area contributed by atoms with E-state index in [0.717, 1.165) is 25.1 Å². The maximum Gasteiger partial charge on any atom is 0.239 e. The predicted octanol–water partition coefficient (Wildman–Crippen LogP) is -0.753. The van der Waals surface area contributed by atoms with E-state index in [0.29, 0.717) is 0 Å². The maximum atomic E-state index is 11.1. The van der Waals surface area contributed by atoms with Crippen LogP contribution in [0, 0.1) is 0 Å². The van der Waals surface area contributed by atoms with Gasteiger partial charge < -0.3 is 16.4 Å². The van der Waals surface area contributed by atoms with Crippen LogP contribution in [0.2, 0.25) is 0 Å². The molecule has 1 amide bonds. The molecule has 4 heteroatoms. The van der Waals surface area contributed by atoms with Gasteiger partial charge in [0, 0.05) is 6.54 Å². The third kappa shape index (κ3) is 1.45. The largest absolute Gasteiger partial charge is 0.387 e. The van der Waals surface area contributed by atoms with Gasteiger partial charge in [-0.25, -0.2) is 0 Å². The summed E-state index contributed by atoms with van der Waals surface area (Å²) in [6.07, 6.45) is 4.79. The van der Waals surface area contributed by atoms with Gasteiger partial charge >= 0.3 is 0 Å². The number of carbonyl (C=O) groups is 1. The molecule has 4 N–H and O–H groups in total. The van der Waals surface area contributed by atoms with Crippen molar-refractivity contribution in [3.05, 3.63) is 23.4 Å². The molecule has 0 saturated carbocycles. The van der Waals surface area contributed by atoms with Crippen LogP contribution in [0.3, 0.4) is 0 Å². The number of nitrogens with two attached hydrogens (primary N) is 1. The molecule has 2 aliphatic heterocycles. The fraction of sp³-hybridized carbons (Fsp3) is 0.444. The van der Waals surface area contributed by atoms with Crippen molar-refractivity contribution in [2.75, 3.05) is 13.1 Å². The van der Waals surface area contributed by atoms with E-state index < -0.39 is 0 Å². The number of carbonyl (C=O) groups excluding carboxylic acids is 1. The van der Waals surface area contributed by atoms with E-state index in [1.165, 1.54) is 5.57 Å². The van der Waals surface area contributed by atoms with Crippen LogP contribution in [0.1, 0.15) is 6.42 Å². The normalized spacial score (nSPS) is 26.6. The molecule has 4 nitrogen and oxygen atoms in total. The first-order chi connectivity index (χ1) is 6.29. The Balaban J connectivity index is 2.31. The predicted molar refractivity (Wildman–Crippen MR) is 49.8 cm³/mol. The molecule has 70 valence electrons. The molecule has 0 aromatic rings. The lowest BCUT2D eigenvalue weighted by Crippen LogP contribution is -2.47. The van der Waals surface area contributed by atoms with E-state index in [9.17, 15) is 4.79 Å². The topological polar surface area (TPSA) is 67.2 Å². The fourth-order valence-electron chi connectivity index (χ4n) is 1.82. The summed E-state index contributed by atoms with van der Waals surface area (Å²) in [6, 6.07) is -0.290. The summed E-state index contributed by atoms with van der Waals surface area (Å²) in [5.41, 5.74) is 7.63. The Morgan fingerprint density at radius 2 is 2.46 bits per heavy atom. The second kappa shape index (κ2) is 3.22. The van der Waals surface area contributed by atoms with E-state index >= 15 is 0 Å². The summed E-state index contributed by atoms with van der Waals surface area (Å²) in [5, 5.41) is 6.23. The van der Waals surface area contributed by atoms with Gasteiger partial charge in [0.15, 0.2) is 0 Å². The highest BCUT2D eigenvalue weighted by atomic mass is 16.1. The Morgan fingerprint density at radius 3 is 3.23 bits per heavy atom. The summed E-state index contributed by atoms with van der Waals surface area (Å²) < 4.78 is 0. The van der Waals surface area contributed by atoms with Crippen molar-refractivity contribution >= 4 is 5.91 Å². The standard InChI is InChI=1S/C9H13N3O/c10-9(13)8-7-2-3-11-5-6(7)1-4-12-8/h2-3,8,11-12H,1,4-5H2,(H2,10,13). The third-order valence-corrected chi connectivity index (χ3v) is 2.48. The van der Waals surface area contributed by atoms with Crippen LogP contribution in [-0.4, -0.2) is 25.0 Å². The van der Waals surface area contributed by atoms with Crippen LogP contribution in [0.15, 0.2) is 23.4 Å². The van der Waals surface area contributed by atoms with Crippen molar-refractivity contribution in [3.8, 4) is 0 Å². The molecular weight excluding hydrogens is 166 g/mol. The second-order valence-electron chi connectivity index (χ2n) is 3.31. The Bertz CT molecular complexity index is 293. The summed E-state index contributed by atoms with van der Waals surface area (Å²) in [4.78, 5) is 11.1. The zero-order valence-electron chi connectivity index (χ0n) is 7.34. The van der Waals surface area contributed by atoms with Crippen molar-refractivity contribution in [2.45, 2.75) is 12.5 Å². The van der Waals surface area contributed by atoms with Crippen molar-refractivity contribution in [1.29, 1.82) is 0 Å². The first-order valence-corrected chi connectivity index (χ1v) is 4.43. The van der Waals surface area contributed by atoms with Gasteiger partial charge in [-0.05, 0) is 36.4 Å². The van der Waals surface area contributed by atoms with Crippen LogP contribution in [0.25, 0.3) is 0 Å². The maximum absolute atomic E-state index is 11.1. The van der Waals surface area contributed by atoms with E-state index in [2.05, 4.69) is 10.6 Å². The zero-order valence-corrected chi connectivity index (χ0v) is 7.34. The monoisotopic (exact) mass is 179 g/mol. The van der Waals surface area contributed by atoms with Crippen molar-refractivity contribution in [2.24, 2.45) is 5.73 Å². The number of dihydropyridines is 1. The summed E-state index contributed by atoms with van der Waals surface area (Å²) in [6.45, 7) is 1.68. The average molecular weight is 179 g/mol. The first-order valence-electron chi connectivity index (χ1n) is 4.43. The van der Waals surface area contributed by atoms with Gasteiger partial charge in [0.2, 0.25) is 5.91 Å². The minimum absolute atomic E-state index is 0.290. The number of primary amides is 1. The van der Waals surface area contributed by atoms with Crippen molar-refractivity contribution in [3.63, 3.8) is 0 Å². The highest BCUT2D eigenvalue weighted by molar-refractivity contribution is 5.84. The molecule has 0 aromatic heterocycles. The van der Waals surface area contributed by atoms with Crippen LogP contribution in [0.4, 0.5) is 0 Å². The molecule has 2 rings (SSSR count). The lowest BCUT2D eigenvalue weighted by Gasteiger charge is -2.28. The minimum atomic E-state index is -0.293. The molecule has 0 bridgehead atoms. The van der Waals surface area contributed by atoms with Gasteiger partial charge in [0.1, 0.15) is 6.04 Å². The molecule has 1 unspecified atom stereocenters. The second-order valence-corrected chi connectivity index (χ2v) is 3.31. The summed E-state index contributed by atoms with van der Waals surface area (Å²) >= 11 is 0. The highest BCUT2D eigenvalue weighted by Crippen LogP contribution is 2.20. The lowest BCUT2D eigenvalue weighted by atomic mass is 9.92.